The van der Waals surface area contributed by atoms with E-state index in [4.69, 9.17) is 30.0 Å². The Balaban J connectivity index is 1.20. The monoisotopic (exact) mass is 648 g/mol. The van der Waals surface area contributed by atoms with Gasteiger partial charge in [-0.25, -0.2) is 24.1 Å². The minimum absolute atomic E-state index is 0.0214. The standard InChI is InChI=1S/C21H27N7O13P2/c1-9-13(29)11(38-19(9)27-4-2-3-10(5-27)17(23)32)6-37-42(33,34)41-43(35,36)40-21-15(31)14(30)20(39-21)28-8-26-12-16(22)24-7-25-18(12)28/h2-5,7-9,11,13-15,19-21,29-31H,6H2,1H3,(H5-,22,23,24,25,32,33,34,35,36)/p+1. The summed E-state index contributed by atoms with van der Waals surface area (Å²) in [6.07, 6.45) is -5.15. The molecular formula is C21H28N7O13P2+. The highest BCUT2D eigenvalue weighted by Crippen LogP contribution is 2.62. The summed E-state index contributed by atoms with van der Waals surface area (Å²) in [6, 6.07) is 3.01. The molecule has 10 unspecified atom stereocenters. The molecule has 1 amide bonds. The molecule has 2 aliphatic rings. The zero-order valence-electron chi connectivity index (χ0n) is 22.1. The Hall–Kier alpha value is -2.97. The van der Waals surface area contributed by atoms with Gasteiger partial charge in [-0.3, -0.25) is 18.4 Å². The van der Waals surface area contributed by atoms with Crippen molar-refractivity contribution in [2.75, 3.05) is 12.3 Å². The molecular weight excluding hydrogens is 620 g/mol. The van der Waals surface area contributed by atoms with Crippen LogP contribution in [-0.4, -0.2) is 87.8 Å². The molecule has 0 spiro atoms. The molecule has 0 bridgehead atoms. The number of nitrogens with two attached hydrogens (primary N) is 2. The summed E-state index contributed by atoms with van der Waals surface area (Å²) in [5.41, 5.74) is 11.5. The van der Waals surface area contributed by atoms with Gasteiger partial charge in [0.1, 0.15) is 35.7 Å². The molecule has 20 nitrogen and oxygen atoms in total. The second-order valence-corrected chi connectivity index (χ2v) is 12.7. The van der Waals surface area contributed by atoms with Crippen molar-refractivity contribution in [3.63, 3.8) is 0 Å². The van der Waals surface area contributed by atoms with E-state index in [1.165, 1.54) is 29.2 Å². The van der Waals surface area contributed by atoms with Crippen LogP contribution >= 0.6 is 15.6 Å². The minimum Gasteiger partial charge on any atom is -0.390 e. The number of phosphoric ester groups is 2. The van der Waals surface area contributed by atoms with Crippen LogP contribution in [0.2, 0.25) is 0 Å². The predicted molar refractivity (Wildman–Crippen MR) is 138 cm³/mol. The normalized spacial score (nSPS) is 32.0. The van der Waals surface area contributed by atoms with Crippen molar-refractivity contribution in [2.45, 2.75) is 50.1 Å². The Morgan fingerprint density at radius 3 is 2.58 bits per heavy atom. The third-order valence-electron chi connectivity index (χ3n) is 6.79. The molecule has 2 fully saturated rings. The summed E-state index contributed by atoms with van der Waals surface area (Å²) >= 11 is 0. The van der Waals surface area contributed by atoms with Gasteiger partial charge in [0.2, 0.25) is 0 Å². The van der Waals surface area contributed by atoms with Crippen LogP contribution in [0.25, 0.3) is 11.2 Å². The third-order valence-corrected chi connectivity index (χ3v) is 9.39. The van der Waals surface area contributed by atoms with Crippen LogP contribution in [0.1, 0.15) is 29.7 Å². The highest BCUT2D eigenvalue weighted by molar-refractivity contribution is 7.61. The fourth-order valence-corrected chi connectivity index (χ4v) is 6.80. The summed E-state index contributed by atoms with van der Waals surface area (Å²) in [5, 5.41) is 31.4. The number of nitrogens with zero attached hydrogens (tertiary/aromatic N) is 5. The van der Waals surface area contributed by atoms with E-state index in [1.807, 2.05) is 0 Å². The SMILES string of the molecule is CC1C(O)C(COP(=O)(O)OP(=O)(O)OC2OC(n3cnc4c(N)ncnc43)C(O)C2O)OC1[n+]1cccc(C(N)=O)c1. The molecule has 5 heterocycles. The maximum Gasteiger partial charge on any atom is 0.483 e. The van der Waals surface area contributed by atoms with Gasteiger partial charge in [0, 0.05) is 6.07 Å². The topological polar surface area (TPSA) is 298 Å². The molecule has 0 radical (unpaired) electrons. The number of ether oxygens (including phenoxy) is 2. The number of hydrogen-bond donors (Lipinski definition) is 7. The lowest BCUT2D eigenvalue weighted by atomic mass is 10.0. The summed E-state index contributed by atoms with van der Waals surface area (Å²) in [6.45, 7) is 0.848. The van der Waals surface area contributed by atoms with Gasteiger partial charge in [0.05, 0.1) is 25.0 Å². The molecule has 2 saturated heterocycles. The van der Waals surface area contributed by atoms with Gasteiger partial charge in [-0.2, -0.15) is 8.88 Å². The number of carbonyl (C=O) groups is 1. The van der Waals surface area contributed by atoms with Crippen molar-refractivity contribution in [3.05, 3.63) is 42.7 Å². The fraction of sp³-hybridized carbons (Fsp3) is 0.476. The predicted octanol–water partition coefficient (Wildman–Crippen LogP) is -1.78. The smallest absolute Gasteiger partial charge is 0.390 e. The van der Waals surface area contributed by atoms with E-state index in [-0.39, 0.29) is 22.5 Å². The molecule has 10 atom stereocenters. The molecule has 0 aromatic carbocycles. The molecule has 0 aliphatic carbocycles. The lowest BCUT2D eigenvalue weighted by molar-refractivity contribution is -0.765. The van der Waals surface area contributed by atoms with E-state index in [0.29, 0.717) is 0 Å². The highest BCUT2D eigenvalue weighted by Gasteiger charge is 2.51. The second kappa shape index (κ2) is 11.8. The lowest BCUT2D eigenvalue weighted by Gasteiger charge is -2.21. The number of primary amides is 1. The summed E-state index contributed by atoms with van der Waals surface area (Å²) < 4.78 is 52.6. The molecule has 22 heteroatoms. The Labute approximate surface area is 241 Å². The van der Waals surface area contributed by atoms with Crippen LogP contribution in [-0.2, 0) is 32.0 Å². The zero-order chi connectivity index (χ0) is 31.3. The van der Waals surface area contributed by atoms with Crippen molar-refractivity contribution >= 4 is 38.5 Å². The first-order valence-electron chi connectivity index (χ1n) is 12.5. The van der Waals surface area contributed by atoms with E-state index in [1.54, 1.807) is 13.1 Å². The van der Waals surface area contributed by atoms with Crippen molar-refractivity contribution in [2.24, 2.45) is 11.7 Å². The van der Waals surface area contributed by atoms with Crippen LogP contribution < -0.4 is 16.0 Å². The number of carbonyl (C=O) groups excluding carboxylic acids is 1. The number of hydrogen-bond acceptors (Lipinski definition) is 15. The lowest BCUT2D eigenvalue weighted by Crippen LogP contribution is -2.43. The van der Waals surface area contributed by atoms with Gasteiger partial charge in [0.25, 0.3) is 12.1 Å². The number of anilines is 1. The first-order valence-corrected chi connectivity index (χ1v) is 15.4. The summed E-state index contributed by atoms with van der Waals surface area (Å²) in [5.74, 6) is -1.26. The van der Waals surface area contributed by atoms with Crippen molar-refractivity contribution in [1.82, 2.24) is 19.5 Å². The quantitative estimate of drug-likeness (QED) is 0.0943. The van der Waals surface area contributed by atoms with Crippen LogP contribution in [0, 0.1) is 5.92 Å². The van der Waals surface area contributed by atoms with Crippen molar-refractivity contribution in [1.29, 1.82) is 0 Å². The van der Waals surface area contributed by atoms with Gasteiger partial charge in [-0.15, -0.1) is 0 Å². The number of fused-ring (bicyclic) bond motifs is 1. The van der Waals surface area contributed by atoms with Gasteiger partial charge in [-0.1, -0.05) is 6.92 Å². The van der Waals surface area contributed by atoms with Crippen LogP contribution in [0.5, 0.6) is 0 Å². The molecule has 2 aliphatic heterocycles. The molecule has 9 N–H and O–H groups in total. The number of nitrogen functional groups attached to an aromatic ring is 1. The number of aromatic nitrogens is 5. The number of aliphatic hydroxyl groups is 3. The Kier molecular flexibility index (Phi) is 8.67. The molecule has 43 heavy (non-hydrogen) atoms. The van der Waals surface area contributed by atoms with E-state index in [9.17, 15) is 39.0 Å². The number of pyridine rings is 1. The average molecular weight is 648 g/mol. The highest BCUT2D eigenvalue weighted by atomic mass is 31.3. The van der Waals surface area contributed by atoms with Gasteiger partial charge in [0.15, 0.2) is 36.4 Å². The molecule has 3 aromatic rings. The fourth-order valence-electron chi connectivity index (χ4n) is 4.64. The largest absolute Gasteiger partial charge is 0.483 e. The van der Waals surface area contributed by atoms with Crippen LogP contribution in [0.4, 0.5) is 5.82 Å². The molecule has 0 saturated carbocycles. The first kappa shape index (κ1) is 31.5. The minimum atomic E-state index is -5.51. The third kappa shape index (κ3) is 6.46. The Bertz CT molecular complexity index is 1610. The average Bonchev–Trinajstić information content (AvgIpc) is 3.58. The van der Waals surface area contributed by atoms with E-state index in [0.717, 1.165) is 10.9 Å². The van der Waals surface area contributed by atoms with Crippen molar-refractivity contribution in [3.8, 4) is 0 Å². The zero-order valence-corrected chi connectivity index (χ0v) is 23.9. The first-order chi connectivity index (χ1) is 20.2. The van der Waals surface area contributed by atoms with Crippen LogP contribution in [0.15, 0.2) is 37.2 Å². The Morgan fingerprint density at radius 2 is 1.86 bits per heavy atom. The molecule has 234 valence electrons. The van der Waals surface area contributed by atoms with Gasteiger partial charge in [-0.05, 0) is 6.07 Å². The number of phosphoric acid groups is 2. The van der Waals surface area contributed by atoms with Crippen molar-refractivity contribution < 1.29 is 66.4 Å². The summed E-state index contributed by atoms with van der Waals surface area (Å²) in [4.78, 5) is 43.5. The number of amides is 1. The number of aliphatic hydroxyl groups excluding tert-OH is 3. The maximum atomic E-state index is 12.6. The second-order valence-electron chi connectivity index (χ2n) is 9.70. The molecule has 5 rings (SSSR count). The number of rotatable bonds is 10. The summed E-state index contributed by atoms with van der Waals surface area (Å²) in [7, 11) is -10.9. The van der Waals surface area contributed by atoms with E-state index < -0.39 is 77.2 Å². The van der Waals surface area contributed by atoms with Gasteiger partial charge >= 0.3 is 15.6 Å². The molecule has 3 aromatic heterocycles. The van der Waals surface area contributed by atoms with Crippen LogP contribution in [0.3, 0.4) is 0 Å². The number of imidazole rings is 1. The van der Waals surface area contributed by atoms with E-state index in [2.05, 4.69) is 19.3 Å². The maximum absolute atomic E-state index is 12.6. The Morgan fingerprint density at radius 1 is 1.12 bits per heavy atom. The van der Waals surface area contributed by atoms with E-state index >= 15 is 0 Å². The van der Waals surface area contributed by atoms with Gasteiger partial charge < -0.3 is 46.0 Å².